The Morgan fingerprint density at radius 1 is 1.09 bits per heavy atom. The van der Waals surface area contributed by atoms with Gasteiger partial charge in [-0.05, 0) is 36.8 Å². The Hall–Kier alpha value is -2.40. The molecule has 4 nitrogen and oxygen atoms in total. The maximum absolute atomic E-state index is 13.5. The molecule has 0 saturated heterocycles. The molecule has 2 aromatic rings. The van der Waals surface area contributed by atoms with E-state index in [1.54, 1.807) is 24.3 Å². The quantitative estimate of drug-likeness (QED) is 0.793. The zero-order valence-corrected chi connectivity index (χ0v) is 13.1. The monoisotopic (exact) mass is 334 g/mol. The van der Waals surface area contributed by atoms with E-state index >= 15 is 0 Å². The third-order valence-corrected chi connectivity index (χ3v) is 3.34. The molecule has 0 spiro atoms. The number of halogens is 2. The second kappa shape index (κ2) is 8.29. The predicted molar refractivity (Wildman–Crippen MR) is 88.0 cm³/mol. The van der Waals surface area contributed by atoms with Crippen LogP contribution in [0.15, 0.2) is 48.5 Å². The van der Waals surface area contributed by atoms with Gasteiger partial charge < -0.3 is 10.6 Å². The second-order valence-corrected chi connectivity index (χ2v) is 5.33. The van der Waals surface area contributed by atoms with Crippen LogP contribution in [0.3, 0.4) is 0 Å². The van der Waals surface area contributed by atoms with Gasteiger partial charge in [0.1, 0.15) is 5.82 Å². The Morgan fingerprint density at radius 2 is 1.83 bits per heavy atom. The average molecular weight is 335 g/mol. The molecule has 0 aromatic heterocycles. The van der Waals surface area contributed by atoms with Crippen LogP contribution in [0.25, 0.3) is 0 Å². The maximum Gasteiger partial charge on any atom is 0.251 e. The summed E-state index contributed by atoms with van der Waals surface area (Å²) in [6.45, 7) is 0.365. The van der Waals surface area contributed by atoms with Gasteiger partial charge in [0.05, 0.1) is 5.69 Å². The van der Waals surface area contributed by atoms with E-state index < -0.39 is 5.82 Å². The molecule has 0 aliphatic rings. The highest BCUT2D eigenvalue weighted by atomic mass is 35.5. The fourth-order valence-corrected chi connectivity index (χ4v) is 2.10. The largest absolute Gasteiger partial charge is 0.352 e. The summed E-state index contributed by atoms with van der Waals surface area (Å²) in [6, 6.07) is 12.9. The predicted octanol–water partition coefficient (Wildman–Crippen LogP) is 3.63. The lowest BCUT2D eigenvalue weighted by atomic mass is 10.2. The first-order valence-corrected chi connectivity index (χ1v) is 7.52. The summed E-state index contributed by atoms with van der Waals surface area (Å²) in [7, 11) is 0. The van der Waals surface area contributed by atoms with E-state index in [0.29, 0.717) is 18.5 Å². The molecule has 0 fully saturated rings. The standard InChI is InChI=1S/C17H16ClFN2O2/c18-13-8-9-15(14(19)11-13)21-16(22)7-4-10-20-17(23)12-5-2-1-3-6-12/h1-3,5-6,8-9,11H,4,7,10H2,(H,20,23)(H,21,22). The number of rotatable bonds is 6. The first kappa shape index (κ1) is 17.0. The van der Waals surface area contributed by atoms with Gasteiger partial charge in [-0.1, -0.05) is 29.8 Å². The van der Waals surface area contributed by atoms with E-state index in [1.165, 1.54) is 12.1 Å². The Kier molecular flexibility index (Phi) is 6.11. The zero-order valence-electron chi connectivity index (χ0n) is 12.3. The highest BCUT2D eigenvalue weighted by Crippen LogP contribution is 2.19. The van der Waals surface area contributed by atoms with Crippen LogP contribution in [0.4, 0.5) is 10.1 Å². The van der Waals surface area contributed by atoms with Gasteiger partial charge in [0, 0.05) is 23.6 Å². The lowest BCUT2D eigenvalue weighted by Crippen LogP contribution is -2.25. The van der Waals surface area contributed by atoms with Crippen LogP contribution in [0, 0.1) is 5.82 Å². The molecule has 120 valence electrons. The van der Waals surface area contributed by atoms with Gasteiger partial charge in [0.2, 0.25) is 5.91 Å². The molecule has 2 amide bonds. The van der Waals surface area contributed by atoms with Gasteiger partial charge in [0.15, 0.2) is 0 Å². The van der Waals surface area contributed by atoms with E-state index in [4.69, 9.17) is 11.6 Å². The summed E-state index contributed by atoms with van der Waals surface area (Å²) in [5.41, 5.74) is 0.660. The highest BCUT2D eigenvalue weighted by molar-refractivity contribution is 6.30. The van der Waals surface area contributed by atoms with Crippen molar-refractivity contribution in [2.45, 2.75) is 12.8 Å². The van der Waals surface area contributed by atoms with E-state index in [2.05, 4.69) is 10.6 Å². The van der Waals surface area contributed by atoms with Crippen molar-refractivity contribution >= 4 is 29.1 Å². The van der Waals surface area contributed by atoms with Crippen LogP contribution >= 0.6 is 11.6 Å². The molecule has 2 N–H and O–H groups in total. The molecular weight excluding hydrogens is 319 g/mol. The van der Waals surface area contributed by atoms with Gasteiger partial charge in [0.25, 0.3) is 5.91 Å². The van der Waals surface area contributed by atoms with Gasteiger partial charge in [-0.25, -0.2) is 4.39 Å². The molecule has 0 atom stereocenters. The second-order valence-electron chi connectivity index (χ2n) is 4.90. The first-order valence-electron chi connectivity index (χ1n) is 7.14. The molecule has 0 bridgehead atoms. The number of carbonyl (C=O) groups is 2. The average Bonchev–Trinajstić information content (AvgIpc) is 2.55. The Balaban J connectivity index is 1.72. The summed E-state index contributed by atoms with van der Waals surface area (Å²) in [5.74, 6) is -1.09. The van der Waals surface area contributed by atoms with Gasteiger partial charge >= 0.3 is 0 Å². The van der Waals surface area contributed by atoms with E-state index in [0.717, 1.165) is 6.07 Å². The summed E-state index contributed by atoms with van der Waals surface area (Å²) in [4.78, 5) is 23.5. The number of hydrogen-bond donors (Lipinski definition) is 2. The maximum atomic E-state index is 13.5. The molecule has 0 saturated carbocycles. The minimum absolute atomic E-state index is 0.0905. The number of benzene rings is 2. The van der Waals surface area contributed by atoms with Crippen LogP contribution in [0.5, 0.6) is 0 Å². The Bertz CT molecular complexity index is 692. The van der Waals surface area contributed by atoms with Crippen molar-refractivity contribution in [3.8, 4) is 0 Å². The van der Waals surface area contributed by atoms with E-state index in [1.807, 2.05) is 6.07 Å². The Labute approximate surface area is 138 Å². The normalized spacial score (nSPS) is 10.2. The van der Waals surface area contributed by atoms with Crippen molar-refractivity contribution in [1.29, 1.82) is 0 Å². The zero-order chi connectivity index (χ0) is 16.7. The molecule has 6 heteroatoms. The van der Waals surface area contributed by atoms with Crippen molar-refractivity contribution in [2.24, 2.45) is 0 Å². The molecular formula is C17H16ClFN2O2. The topological polar surface area (TPSA) is 58.2 Å². The van der Waals surface area contributed by atoms with Crippen molar-refractivity contribution in [2.75, 3.05) is 11.9 Å². The number of anilines is 1. The van der Waals surface area contributed by atoms with Crippen LogP contribution < -0.4 is 10.6 Å². The summed E-state index contributed by atoms with van der Waals surface area (Å²) >= 11 is 5.64. The van der Waals surface area contributed by atoms with E-state index in [9.17, 15) is 14.0 Å². The molecule has 0 unspecified atom stereocenters. The molecule has 0 aliphatic heterocycles. The van der Waals surface area contributed by atoms with Crippen molar-refractivity contribution in [1.82, 2.24) is 5.32 Å². The fraction of sp³-hybridized carbons (Fsp3) is 0.176. The molecule has 0 aliphatic carbocycles. The number of hydrogen-bond acceptors (Lipinski definition) is 2. The van der Waals surface area contributed by atoms with Gasteiger partial charge in [-0.3, -0.25) is 9.59 Å². The van der Waals surface area contributed by atoms with Crippen LogP contribution in [-0.4, -0.2) is 18.4 Å². The van der Waals surface area contributed by atoms with Crippen molar-refractivity contribution in [3.63, 3.8) is 0 Å². The minimum Gasteiger partial charge on any atom is -0.352 e. The third-order valence-electron chi connectivity index (χ3n) is 3.11. The molecule has 0 radical (unpaired) electrons. The highest BCUT2D eigenvalue weighted by Gasteiger charge is 2.08. The first-order chi connectivity index (χ1) is 11.1. The number of carbonyl (C=O) groups excluding carboxylic acids is 2. The fourth-order valence-electron chi connectivity index (χ4n) is 1.95. The van der Waals surface area contributed by atoms with Gasteiger partial charge in [-0.15, -0.1) is 0 Å². The van der Waals surface area contributed by atoms with Gasteiger partial charge in [-0.2, -0.15) is 0 Å². The number of nitrogens with one attached hydrogen (secondary N) is 2. The van der Waals surface area contributed by atoms with Crippen molar-refractivity contribution < 1.29 is 14.0 Å². The SMILES string of the molecule is O=C(CCCNC(=O)c1ccccc1)Nc1ccc(Cl)cc1F. The lowest BCUT2D eigenvalue weighted by molar-refractivity contribution is -0.116. The molecule has 2 rings (SSSR count). The summed E-state index contributed by atoms with van der Waals surface area (Å²) in [6.07, 6.45) is 0.636. The molecule has 23 heavy (non-hydrogen) atoms. The van der Waals surface area contributed by atoms with Crippen LogP contribution in [0.1, 0.15) is 23.2 Å². The van der Waals surface area contributed by atoms with E-state index in [-0.39, 0.29) is 28.9 Å². The molecule has 2 aromatic carbocycles. The smallest absolute Gasteiger partial charge is 0.251 e. The third kappa shape index (κ3) is 5.38. The summed E-state index contributed by atoms with van der Waals surface area (Å²) < 4.78 is 13.5. The van der Waals surface area contributed by atoms with Crippen LogP contribution in [0.2, 0.25) is 5.02 Å². The number of amides is 2. The molecule has 0 heterocycles. The van der Waals surface area contributed by atoms with Crippen molar-refractivity contribution in [3.05, 3.63) is 64.9 Å². The minimum atomic E-state index is -0.580. The Morgan fingerprint density at radius 3 is 2.52 bits per heavy atom. The lowest BCUT2D eigenvalue weighted by Gasteiger charge is -2.07. The summed E-state index contributed by atoms with van der Waals surface area (Å²) in [5, 5.41) is 5.47. The van der Waals surface area contributed by atoms with Crippen LogP contribution in [-0.2, 0) is 4.79 Å².